The van der Waals surface area contributed by atoms with Gasteiger partial charge < -0.3 is 9.42 Å². The molecule has 0 atom stereocenters. The van der Waals surface area contributed by atoms with E-state index in [9.17, 15) is 4.79 Å². The third-order valence-electron chi connectivity index (χ3n) is 7.69. The van der Waals surface area contributed by atoms with Crippen molar-refractivity contribution in [2.45, 2.75) is 76.5 Å². The van der Waals surface area contributed by atoms with Crippen molar-refractivity contribution in [2.75, 3.05) is 13.1 Å². The summed E-state index contributed by atoms with van der Waals surface area (Å²) >= 11 is 0. The van der Waals surface area contributed by atoms with Gasteiger partial charge in [-0.25, -0.2) is 0 Å². The summed E-state index contributed by atoms with van der Waals surface area (Å²) in [7, 11) is 0. The van der Waals surface area contributed by atoms with Gasteiger partial charge in [-0.1, -0.05) is 44.2 Å². The minimum atomic E-state index is -0.157. The number of hydrogen-bond donors (Lipinski definition) is 0. The third-order valence-corrected chi connectivity index (χ3v) is 7.69. The molecule has 1 amide bonds. The molecule has 2 aromatic heterocycles. The molecule has 30 heavy (non-hydrogen) atoms. The molecule has 0 bridgehead atoms. The van der Waals surface area contributed by atoms with E-state index < -0.39 is 0 Å². The second kappa shape index (κ2) is 7.78. The van der Waals surface area contributed by atoms with Crippen molar-refractivity contribution >= 4 is 5.91 Å². The minimum Gasteiger partial charge on any atom is -0.342 e. The van der Waals surface area contributed by atoms with Crippen LogP contribution in [-0.2, 0) is 10.2 Å². The molecule has 0 N–H and O–H groups in total. The van der Waals surface area contributed by atoms with Crippen molar-refractivity contribution < 1.29 is 9.32 Å². The summed E-state index contributed by atoms with van der Waals surface area (Å²) in [6, 6.07) is 3.80. The number of pyridine rings is 1. The molecule has 0 aromatic carbocycles. The molecular weight excluding hydrogens is 376 g/mol. The number of rotatable bonds is 5. The number of aromatic nitrogens is 3. The molecule has 2 aromatic rings. The molecular formula is C24H32N4O2. The van der Waals surface area contributed by atoms with E-state index in [4.69, 9.17) is 9.51 Å². The van der Waals surface area contributed by atoms with Crippen LogP contribution in [0.25, 0.3) is 11.5 Å². The zero-order valence-corrected chi connectivity index (χ0v) is 18.0. The van der Waals surface area contributed by atoms with E-state index in [1.54, 1.807) is 12.4 Å². The predicted octanol–water partition coefficient (Wildman–Crippen LogP) is 4.76. The molecule has 0 radical (unpaired) electrons. The quantitative estimate of drug-likeness (QED) is 0.713. The van der Waals surface area contributed by atoms with Crippen molar-refractivity contribution in [1.29, 1.82) is 0 Å². The Morgan fingerprint density at radius 2 is 1.80 bits per heavy atom. The highest BCUT2D eigenvalue weighted by Gasteiger charge is 2.46. The highest BCUT2D eigenvalue weighted by Crippen LogP contribution is 2.47. The Hall–Kier alpha value is -2.24. The third kappa shape index (κ3) is 3.77. The molecule has 6 nitrogen and oxygen atoms in total. The summed E-state index contributed by atoms with van der Waals surface area (Å²) in [6.45, 7) is 3.79. The van der Waals surface area contributed by atoms with Gasteiger partial charge in [0.2, 0.25) is 5.91 Å². The first-order valence-electron chi connectivity index (χ1n) is 11.6. The summed E-state index contributed by atoms with van der Waals surface area (Å²) in [6.07, 6.45) is 14.8. The van der Waals surface area contributed by atoms with E-state index in [0.717, 1.165) is 62.5 Å². The van der Waals surface area contributed by atoms with Crippen LogP contribution in [-0.4, -0.2) is 39.0 Å². The van der Waals surface area contributed by atoms with Gasteiger partial charge in [-0.05, 0) is 50.2 Å². The van der Waals surface area contributed by atoms with Gasteiger partial charge in [0.25, 0.3) is 5.89 Å². The van der Waals surface area contributed by atoms with Crippen LogP contribution in [0, 0.1) is 11.3 Å². The van der Waals surface area contributed by atoms with E-state index in [2.05, 4.69) is 22.0 Å². The van der Waals surface area contributed by atoms with E-state index in [1.807, 2.05) is 12.1 Å². The Morgan fingerprint density at radius 3 is 2.47 bits per heavy atom. The summed E-state index contributed by atoms with van der Waals surface area (Å²) in [5.41, 5.74) is 0.679. The molecule has 160 valence electrons. The molecule has 6 heteroatoms. The summed E-state index contributed by atoms with van der Waals surface area (Å²) in [5.74, 6) is 2.53. The fourth-order valence-electron chi connectivity index (χ4n) is 5.51. The average molecular weight is 409 g/mol. The van der Waals surface area contributed by atoms with Crippen LogP contribution in [0.3, 0.4) is 0 Å². The lowest BCUT2D eigenvalue weighted by atomic mass is 9.71. The molecule has 3 heterocycles. The fraction of sp³-hybridized carbons (Fsp3) is 0.667. The van der Waals surface area contributed by atoms with Crippen LogP contribution in [0.1, 0.15) is 77.0 Å². The fourth-order valence-corrected chi connectivity index (χ4v) is 5.51. The zero-order chi connectivity index (χ0) is 20.6. The standard InChI is InChI=1S/C24H32N4O2/c1-23(9-3-2-4-10-23)22(29)28-15-11-24(12-16-28,17-18-5-6-18)21-26-20(30-27-21)19-7-13-25-14-8-19/h7-8,13-14,18H,2-6,9-12,15-17H2,1H3. The van der Waals surface area contributed by atoms with Gasteiger partial charge in [-0.3, -0.25) is 9.78 Å². The SMILES string of the molecule is CC1(C(=O)N2CCC(CC3CC3)(c3noc(-c4ccncc4)n3)CC2)CCCCC1. The van der Waals surface area contributed by atoms with E-state index in [-0.39, 0.29) is 10.8 Å². The smallest absolute Gasteiger partial charge is 0.258 e. The van der Waals surface area contributed by atoms with Crippen molar-refractivity contribution in [2.24, 2.45) is 11.3 Å². The summed E-state index contributed by atoms with van der Waals surface area (Å²) in [5, 5.41) is 4.43. The first kappa shape index (κ1) is 19.7. The number of carbonyl (C=O) groups is 1. The first-order valence-corrected chi connectivity index (χ1v) is 11.6. The van der Waals surface area contributed by atoms with Crippen molar-refractivity contribution in [1.82, 2.24) is 20.0 Å². The highest BCUT2D eigenvalue weighted by molar-refractivity contribution is 5.82. The van der Waals surface area contributed by atoms with Crippen LogP contribution in [0.4, 0.5) is 0 Å². The number of likely N-dealkylation sites (tertiary alicyclic amines) is 1. The monoisotopic (exact) mass is 408 g/mol. The van der Waals surface area contributed by atoms with E-state index >= 15 is 0 Å². The molecule has 1 saturated heterocycles. The Bertz CT molecular complexity index is 876. The van der Waals surface area contributed by atoms with Crippen molar-refractivity contribution in [3.05, 3.63) is 30.4 Å². The number of nitrogens with zero attached hydrogens (tertiary/aromatic N) is 4. The van der Waals surface area contributed by atoms with E-state index in [0.29, 0.717) is 11.8 Å². The number of piperidine rings is 1. The Morgan fingerprint density at radius 1 is 1.10 bits per heavy atom. The second-order valence-corrected chi connectivity index (χ2v) is 10.0. The van der Waals surface area contributed by atoms with Gasteiger partial charge in [0.05, 0.1) is 0 Å². The minimum absolute atomic E-state index is 0.0692. The zero-order valence-electron chi connectivity index (χ0n) is 18.0. The van der Waals surface area contributed by atoms with E-state index in [1.165, 1.54) is 32.1 Å². The number of amides is 1. The average Bonchev–Trinajstić information content (AvgIpc) is 3.45. The van der Waals surface area contributed by atoms with Gasteiger partial charge in [0.1, 0.15) is 0 Å². The lowest BCUT2D eigenvalue weighted by Crippen LogP contribution is -2.50. The first-order chi connectivity index (χ1) is 14.6. The summed E-state index contributed by atoms with van der Waals surface area (Å²) < 4.78 is 5.65. The van der Waals surface area contributed by atoms with Gasteiger partial charge in [0, 0.05) is 41.9 Å². The highest BCUT2D eigenvalue weighted by atomic mass is 16.5. The van der Waals surface area contributed by atoms with Crippen LogP contribution >= 0.6 is 0 Å². The molecule has 3 fully saturated rings. The summed E-state index contributed by atoms with van der Waals surface area (Å²) in [4.78, 5) is 24.3. The molecule has 2 saturated carbocycles. The maximum atomic E-state index is 13.3. The number of hydrogen-bond acceptors (Lipinski definition) is 5. The topological polar surface area (TPSA) is 72.1 Å². The maximum absolute atomic E-state index is 13.3. The van der Waals surface area contributed by atoms with Gasteiger partial charge in [-0.15, -0.1) is 0 Å². The molecule has 5 rings (SSSR count). The van der Waals surface area contributed by atoms with Crippen molar-refractivity contribution in [3.63, 3.8) is 0 Å². The number of carbonyl (C=O) groups excluding carboxylic acids is 1. The molecule has 1 aliphatic heterocycles. The van der Waals surface area contributed by atoms with Crippen LogP contribution in [0.2, 0.25) is 0 Å². The lowest BCUT2D eigenvalue weighted by molar-refractivity contribution is -0.145. The lowest BCUT2D eigenvalue weighted by Gasteiger charge is -2.44. The molecule has 0 spiro atoms. The molecule has 0 unspecified atom stereocenters. The Kier molecular flexibility index (Phi) is 5.11. The van der Waals surface area contributed by atoms with Crippen molar-refractivity contribution in [3.8, 4) is 11.5 Å². The molecule has 2 aliphatic carbocycles. The largest absolute Gasteiger partial charge is 0.342 e. The van der Waals surface area contributed by atoms with Crippen LogP contribution in [0.15, 0.2) is 29.0 Å². The van der Waals surface area contributed by atoms with Gasteiger partial charge >= 0.3 is 0 Å². The van der Waals surface area contributed by atoms with Crippen LogP contribution < -0.4 is 0 Å². The Balaban J connectivity index is 1.34. The Labute approximate surface area is 178 Å². The maximum Gasteiger partial charge on any atom is 0.258 e. The normalized spacial score (nSPS) is 23.3. The van der Waals surface area contributed by atoms with Gasteiger partial charge in [0.15, 0.2) is 5.82 Å². The van der Waals surface area contributed by atoms with Gasteiger partial charge in [-0.2, -0.15) is 4.98 Å². The molecule has 3 aliphatic rings. The van der Waals surface area contributed by atoms with Crippen LogP contribution in [0.5, 0.6) is 0 Å². The second-order valence-electron chi connectivity index (χ2n) is 10.0. The predicted molar refractivity (Wildman–Crippen MR) is 114 cm³/mol.